The van der Waals surface area contributed by atoms with Gasteiger partial charge in [-0.2, -0.15) is 0 Å². The molecule has 0 aliphatic carbocycles. The zero-order chi connectivity index (χ0) is 20.2. The van der Waals surface area contributed by atoms with Crippen LogP contribution >= 0.6 is 27.5 Å². The maximum Gasteiger partial charge on any atom is 0.573 e. The molecule has 1 amide bonds. The Kier molecular flexibility index (Phi) is 6.55. The first kappa shape index (κ1) is 21.3. The molecule has 1 N–H and O–H groups in total. The number of hydrogen-bond acceptors (Lipinski definition) is 4. The number of carbonyl (C=O) groups is 1. The molecule has 5 nitrogen and oxygen atoms in total. The van der Waals surface area contributed by atoms with Crippen molar-refractivity contribution in [1.29, 1.82) is 0 Å². The first-order valence-electron chi connectivity index (χ1n) is 7.01. The van der Waals surface area contributed by atoms with Crippen LogP contribution in [0.3, 0.4) is 0 Å². The summed E-state index contributed by atoms with van der Waals surface area (Å²) in [5.74, 6) is -1.37. The number of carbonyl (C=O) groups excluding carboxylic acids is 1. The molecule has 0 aromatic heterocycles. The predicted molar refractivity (Wildman–Crippen MR) is 97.7 cm³/mol. The molecule has 2 aromatic rings. The molecular weight excluding hydrogens is 475 g/mol. The number of alkyl halides is 3. The molecule has 0 atom stereocenters. The fraction of sp³-hybridized carbons (Fsp3) is 0.0625. The molecule has 0 fully saturated rings. The van der Waals surface area contributed by atoms with E-state index in [4.69, 9.17) is 11.6 Å². The van der Waals surface area contributed by atoms with Gasteiger partial charge in [-0.05, 0) is 42.0 Å². The van der Waals surface area contributed by atoms with Gasteiger partial charge in [-0.3, -0.25) is 4.79 Å². The van der Waals surface area contributed by atoms with Gasteiger partial charge in [0.15, 0.2) is 0 Å². The molecule has 0 saturated carbocycles. The summed E-state index contributed by atoms with van der Waals surface area (Å²) in [6, 6.07) is 8.80. The molecule has 0 radical (unpaired) electrons. The minimum Gasteiger partial charge on any atom is -0.406 e. The zero-order valence-electron chi connectivity index (χ0n) is 13.1. The third-order valence-electron chi connectivity index (χ3n) is 2.96. The van der Waals surface area contributed by atoms with E-state index >= 15 is 0 Å². The van der Waals surface area contributed by atoms with E-state index in [-0.39, 0.29) is 16.1 Å². The van der Waals surface area contributed by atoms with Crippen LogP contribution < -0.4 is 9.46 Å². The lowest BCUT2D eigenvalue weighted by atomic mass is 10.2. The summed E-state index contributed by atoms with van der Waals surface area (Å²) in [5, 5.41) is 0.762. The van der Waals surface area contributed by atoms with E-state index in [1.807, 2.05) is 4.72 Å². The Bertz CT molecular complexity index is 976. The highest BCUT2D eigenvalue weighted by Gasteiger charge is 2.30. The highest BCUT2D eigenvalue weighted by atomic mass is 79.9. The van der Waals surface area contributed by atoms with Gasteiger partial charge >= 0.3 is 6.36 Å². The maximum atomic E-state index is 12.1. The molecule has 0 aliphatic rings. The molecule has 2 aromatic carbocycles. The number of hydrogen-bond donors (Lipinski definition) is 1. The van der Waals surface area contributed by atoms with Gasteiger partial charge in [-0.1, -0.05) is 39.7 Å². The Morgan fingerprint density at radius 1 is 1.15 bits per heavy atom. The number of rotatable bonds is 5. The molecule has 27 heavy (non-hydrogen) atoms. The van der Waals surface area contributed by atoms with Crippen molar-refractivity contribution in [3.8, 4) is 5.75 Å². The van der Waals surface area contributed by atoms with Crippen LogP contribution in [0.4, 0.5) is 13.2 Å². The molecular formula is C16H10BrClF3NO4S. The molecule has 2 rings (SSSR count). The second kappa shape index (κ2) is 8.32. The normalized spacial score (nSPS) is 12.2. The summed E-state index contributed by atoms with van der Waals surface area (Å²) in [5.41, 5.74) is 0.245. The molecule has 0 bridgehead atoms. The van der Waals surface area contributed by atoms with Crippen molar-refractivity contribution in [3.05, 3.63) is 68.5 Å². The first-order chi connectivity index (χ1) is 12.5. The van der Waals surface area contributed by atoms with Crippen molar-refractivity contribution < 1.29 is 31.1 Å². The first-order valence-corrected chi connectivity index (χ1v) is 9.73. The number of nitrogens with one attached hydrogen (secondary N) is 1. The van der Waals surface area contributed by atoms with Gasteiger partial charge in [0.05, 0.1) is 16.0 Å². The average Bonchev–Trinajstić information content (AvgIpc) is 2.52. The topological polar surface area (TPSA) is 72.5 Å². The van der Waals surface area contributed by atoms with Crippen LogP contribution in [0.2, 0.25) is 5.02 Å². The van der Waals surface area contributed by atoms with E-state index in [1.165, 1.54) is 30.3 Å². The quantitative estimate of drug-likeness (QED) is 0.666. The van der Waals surface area contributed by atoms with Crippen molar-refractivity contribution in [2.45, 2.75) is 6.36 Å². The predicted octanol–water partition coefficient (Wildman–Crippen LogP) is 4.73. The largest absolute Gasteiger partial charge is 0.573 e. The summed E-state index contributed by atoms with van der Waals surface area (Å²) in [6.07, 6.45) is -3.71. The Hall–Kier alpha value is -2.04. The number of benzene rings is 2. The summed E-state index contributed by atoms with van der Waals surface area (Å²) in [4.78, 5) is 12.0. The third-order valence-corrected chi connectivity index (χ3v) is 4.73. The van der Waals surface area contributed by atoms with Gasteiger partial charge in [-0.25, -0.2) is 13.1 Å². The summed E-state index contributed by atoms with van der Waals surface area (Å²) in [6.45, 7) is 0. The zero-order valence-corrected chi connectivity index (χ0v) is 16.3. The number of halogens is 5. The van der Waals surface area contributed by atoms with Gasteiger partial charge < -0.3 is 4.74 Å². The van der Waals surface area contributed by atoms with Gasteiger partial charge in [0, 0.05) is 4.47 Å². The standard InChI is InChI=1S/C16H10BrClF3NO4S/c17-11-3-6-13(14(18)9-11)15(23)22-27(24,25)8-7-10-1-4-12(5-2-10)26-16(19,20)21/h1-9H,(H,22,23). The highest BCUT2D eigenvalue weighted by molar-refractivity contribution is 9.10. The Morgan fingerprint density at radius 2 is 1.78 bits per heavy atom. The molecule has 0 saturated heterocycles. The van der Waals surface area contributed by atoms with Crippen LogP contribution in [-0.2, 0) is 10.0 Å². The minimum absolute atomic E-state index is 0.0366. The molecule has 11 heteroatoms. The second-order valence-corrected chi connectivity index (χ2v) is 7.91. The molecule has 0 heterocycles. The van der Waals surface area contributed by atoms with Crippen molar-refractivity contribution in [1.82, 2.24) is 4.72 Å². The SMILES string of the molecule is O=C(NS(=O)(=O)C=Cc1ccc(OC(F)(F)F)cc1)c1ccc(Br)cc1Cl. The summed E-state index contributed by atoms with van der Waals surface area (Å²) >= 11 is 9.05. The Morgan fingerprint density at radius 3 is 2.33 bits per heavy atom. The monoisotopic (exact) mass is 483 g/mol. The van der Waals surface area contributed by atoms with E-state index in [0.29, 0.717) is 9.88 Å². The Balaban J connectivity index is 2.08. The number of ether oxygens (including phenoxy) is 1. The van der Waals surface area contributed by atoms with Crippen LogP contribution in [0, 0.1) is 0 Å². The van der Waals surface area contributed by atoms with Gasteiger partial charge in [0.2, 0.25) is 0 Å². The number of amides is 1. The summed E-state index contributed by atoms with van der Waals surface area (Å²) in [7, 11) is -4.15. The molecule has 0 unspecified atom stereocenters. The van der Waals surface area contributed by atoms with E-state index in [9.17, 15) is 26.4 Å². The van der Waals surface area contributed by atoms with Crippen LogP contribution in [0.15, 0.2) is 52.3 Å². The lowest BCUT2D eigenvalue weighted by Crippen LogP contribution is -2.29. The van der Waals surface area contributed by atoms with E-state index in [2.05, 4.69) is 20.7 Å². The fourth-order valence-electron chi connectivity index (χ4n) is 1.84. The van der Waals surface area contributed by atoms with Crippen LogP contribution in [-0.4, -0.2) is 20.7 Å². The van der Waals surface area contributed by atoms with Gasteiger partial charge in [0.1, 0.15) is 5.75 Å². The fourth-order valence-corrected chi connectivity index (χ4v) is 3.37. The van der Waals surface area contributed by atoms with E-state index in [1.54, 1.807) is 0 Å². The Labute approximate surface area is 166 Å². The van der Waals surface area contributed by atoms with Crippen LogP contribution in [0.25, 0.3) is 6.08 Å². The van der Waals surface area contributed by atoms with Crippen LogP contribution in [0.1, 0.15) is 15.9 Å². The highest BCUT2D eigenvalue weighted by Crippen LogP contribution is 2.23. The minimum atomic E-state index is -4.82. The number of sulfonamides is 1. The average molecular weight is 485 g/mol. The van der Waals surface area contributed by atoms with Crippen molar-refractivity contribution in [2.75, 3.05) is 0 Å². The van der Waals surface area contributed by atoms with Crippen molar-refractivity contribution in [2.24, 2.45) is 0 Å². The van der Waals surface area contributed by atoms with Crippen molar-refractivity contribution in [3.63, 3.8) is 0 Å². The van der Waals surface area contributed by atoms with Gasteiger partial charge in [-0.15, -0.1) is 13.2 Å². The maximum absolute atomic E-state index is 12.1. The summed E-state index contributed by atoms with van der Waals surface area (Å²) < 4.78 is 66.4. The second-order valence-electron chi connectivity index (χ2n) is 5.02. The molecule has 0 spiro atoms. The van der Waals surface area contributed by atoms with E-state index < -0.39 is 28.0 Å². The lowest BCUT2D eigenvalue weighted by Gasteiger charge is -2.08. The molecule has 144 valence electrons. The lowest BCUT2D eigenvalue weighted by molar-refractivity contribution is -0.274. The molecule has 0 aliphatic heterocycles. The van der Waals surface area contributed by atoms with Gasteiger partial charge in [0.25, 0.3) is 15.9 Å². The van der Waals surface area contributed by atoms with Crippen LogP contribution in [0.5, 0.6) is 5.75 Å². The van der Waals surface area contributed by atoms with Crippen molar-refractivity contribution >= 4 is 49.5 Å². The van der Waals surface area contributed by atoms with E-state index in [0.717, 1.165) is 18.2 Å². The smallest absolute Gasteiger partial charge is 0.406 e. The third kappa shape index (κ3) is 6.89.